The SMILES string of the molecule is COCc1nc(-c2ccc(C3(C)C=CC(C(=O)O)=CC3)cc2)no1. The summed E-state index contributed by atoms with van der Waals surface area (Å²) in [6, 6.07) is 7.88. The summed E-state index contributed by atoms with van der Waals surface area (Å²) in [6.07, 6.45) is 6.00. The Morgan fingerprint density at radius 2 is 2.12 bits per heavy atom. The summed E-state index contributed by atoms with van der Waals surface area (Å²) >= 11 is 0. The third-order valence-corrected chi connectivity index (χ3v) is 4.16. The maximum atomic E-state index is 11.0. The van der Waals surface area contributed by atoms with Gasteiger partial charge in [-0.25, -0.2) is 4.79 Å². The minimum atomic E-state index is -0.896. The van der Waals surface area contributed by atoms with Gasteiger partial charge in [0, 0.05) is 18.1 Å². The van der Waals surface area contributed by atoms with Gasteiger partial charge in [0.2, 0.25) is 5.82 Å². The Balaban J connectivity index is 1.79. The summed E-state index contributed by atoms with van der Waals surface area (Å²) in [4.78, 5) is 15.3. The molecule has 1 heterocycles. The fourth-order valence-corrected chi connectivity index (χ4v) is 2.66. The van der Waals surface area contributed by atoms with E-state index in [1.54, 1.807) is 19.3 Å². The molecular weight excluding hydrogens is 308 g/mol. The molecule has 1 aromatic carbocycles. The zero-order valence-electron chi connectivity index (χ0n) is 13.5. The fourth-order valence-electron chi connectivity index (χ4n) is 2.66. The predicted octanol–water partition coefficient (Wildman–Crippen LogP) is 3.11. The van der Waals surface area contributed by atoms with Gasteiger partial charge >= 0.3 is 5.97 Å². The highest BCUT2D eigenvalue weighted by Crippen LogP contribution is 2.34. The zero-order valence-corrected chi connectivity index (χ0v) is 13.5. The first-order valence-corrected chi connectivity index (χ1v) is 7.57. The van der Waals surface area contributed by atoms with Crippen LogP contribution in [0.15, 0.2) is 52.6 Å². The summed E-state index contributed by atoms with van der Waals surface area (Å²) in [5, 5.41) is 13.0. The molecule has 0 fully saturated rings. The third-order valence-electron chi connectivity index (χ3n) is 4.16. The van der Waals surface area contributed by atoms with Crippen molar-refractivity contribution in [1.82, 2.24) is 10.1 Å². The molecule has 1 aromatic heterocycles. The highest BCUT2D eigenvalue weighted by Gasteiger charge is 2.26. The molecule has 0 bridgehead atoms. The average molecular weight is 326 g/mol. The second-order valence-electron chi connectivity index (χ2n) is 5.94. The zero-order chi connectivity index (χ0) is 17.2. The molecule has 24 heavy (non-hydrogen) atoms. The molecule has 1 N–H and O–H groups in total. The van der Waals surface area contributed by atoms with E-state index in [0.717, 1.165) is 11.1 Å². The van der Waals surface area contributed by atoms with Crippen molar-refractivity contribution in [3.05, 3.63) is 59.5 Å². The largest absolute Gasteiger partial charge is 0.478 e. The van der Waals surface area contributed by atoms with Crippen LogP contribution in [-0.2, 0) is 21.6 Å². The van der Waals surface area contributed by atoms with Crippen LogP contribution in [0.5, 0.6) is 0 Å². The molecule has 0 amide bonds. The number of nitrogens with zero attached hydrogens (tertiary/aromatic N) is 2. The molecular formula is C18H18N2O4. The number of methoxy groups -OCH3 is 1. The molecule has 0 saturated carbocycles. The van der Waals surface area contributed by atoms with E-state index < -0.39 is 5.97 Å². The summed E-state index contributed by atoms with van der Waals surface area (Å²) in [5.41, 5.74) is 2.07. The first kappa shape index (κ1) is 16.1. The van der Waals surface area contributed by atoms with Gasteiger partial charge in [0.25, 0.3) is 5.89 Å². The maximum Gasteiger partial charge on any atom is 0.335 e. The highest BCUT2D eigenvalue weighted by atomic mass is 16.5. The number of carboxylic acid groups (broad SMARTS) is 1. The lowest BCUT2D eigenvalue weighted by Crippen LogP contribution is -2.21. The molecule has 1 atom stereocenters. The van der Waals surface area contributed by atoms with Gasteiger partial charge in [0.15, 0.2) is 0 Å². The van der Waals surface area contributed by atoms with Crippen LogP contribution in [-0.4, -0.2) is 28.3 Å². The van der Waals surface area contributed by atoms with Gasteiger partial charge in [0.1, 0.15) is 6.61 Å². The number of aromatic nitrogens is 2. The van der Waals surface area contributed by atoms with Crippen molar-refractivity contribution in [2.75, 3.05) is 7.11 Å². The number of ether oxygens (including phenoxy) is 1. The number of allylic oxidation sites excluding steroid dienone is 2. The van der Waals surface area contributed by atoms with Crippen LogP contribution in [0.4, 0.5) is 0 Å². The number of aliphatic carboxylic acids is 1. The van der Waals surface area contributed by atoms with Crippen molar-refractivity contribution >= 4 is 5.97 Å². The van der Waals surface area contributed by atoms with Gasteiger partial charge in [-0.15, -0.1) is 0 Å². The van der Waals surface area contributed by atoms with E-state index in [4.69, 9.17) is 14.4 Å². The molecule has 1 unspecified atom stereocenters. The molecule has 0 aliphatic heterocycles. The van der Waals surface area contributed by atoms with Gasteiger partial charge in [-0.1, -0.05) is 54.6 Å². The Morgan fingerprint density at radius 3 is 2.71 bits per heavy atom. The van der Waals surface area contributed by atoms with Crippen molar-refractivity contribution in [2.24, 2.45) is 0 Å². The molecule has 1 aliphatic carbocycles. The van der Waals surface area contributed by atoms with E-state index >= 15 is 0 Å². The Hall–Kier alpha value is -2.73. The molecule has 0 saturated heterocycles. The molecule has 124 valence electrons. The van der Waals surface area contributed by atoms with Crippen molar-refractivity contribution in [2.45, 2.75) is 25.4 Å². The molecule has 2 aromatic rings. The van der Waals surface area contributed by atoms with Gasteiger partial charge < -0.3 is 14.4 Å². The van der Waals surface area contributed by atoms with E-state index in [1.165, 1.54) is 0 Å². The first-order chi connectivity index (χ1) is 11.5. The lowest BCUT2D eigenvalue weighted by Gasteiger charge is -2.28. The van der Waals surface area contributed by atoms with Crippen molar-refractivity contribution in [1.29, 1.82) is 0 Å². The monoisotopic (exact) mass is 326 g/mol. The Bertz CT molecular complexity index is 805. The van der Waals surface area contributed by atoms with Gasteiger partial charge in [-0.05, 0) is 12.0 Å². The number of carbonyl (C=O) groups is 1. The van der Waals surface area contributed by atoms with Crippen LogP contribution in [0.2, 0.25) is 0 Å². The minimum Gasteiger partial charge on any atom is -0.478 e. The normalized spacial score (nSPS) is 20.0. The van der Waals surface area contributed by atoms with Crippen LogP contribution >= 0.6 is 0 Å². The van der Waals surface area contributed by atoms with Crippen LogP contribution in [0.25, 0.3) is 11.4 Å². The number of rotatable bonds is 5. The van der Waals surface area contributed by atoms with E-state index in [-0.39, 0.29) is 12.0 Å². The molecule has 0 radical (unpaired) electrons. The highest BCUT2D eigenvalue weighted by molar-refractivity contribution is 5.90. The van der Waals surface area contributed by atoms with Crippen molar-refractivity contribution < 1.29 is 19.2 Å². The Labute approximate surface area is 139 Å². The van der Waals surface area contributed by atoms with Crippen LogP contribution in [0.1, 0.15) is 24.8 Å². The number of hydrogen-bond acceptors (Lipinski definition) is 5. The molecule has 0 spiro atoms. The van der Waals surface area contributed by atoms with E-state index in [1.807, 2.05) is 30.3 Å². The van der Waals surface area contributed by atoms with Crippen LogP contribution in [0.3, 0.4) is 0 Å². The van der Waals surface area contributed by atoms with Crippen molar-refractivity contribution in [3.8, 4) is 11.4 Å². The number of hydrogen-bond donors (Lipinski definition) is 1. The first-order valence-electron chi connectivity index (χ1n) is 7.57. The van der Waals surface area contributed by atoms with E-state index in [9.17, 15) is 4.79 Å². The standard InChI is InChI=1S/C18H18N2O4/c1-18(9-7-13(8-10-18)17(21)22)14-5-3-12(4-6-14)16-19-15(11-23-2)24-20-16/h3-9H,10-11H2,1-2H3,(H,21,22). The Kier molecular flexibility index (Phi) is 4.31. The minimum absolute atomic E-state index is 0.226. The lowest BCUT2D eigenvalue weighted by molar-refractivity contribution is -0.132. The van der Waals surface area contributed by atoms with Crippen LogP contribution < -0.4 is 0 Å². The predicted molar refractivity (Wildman–Crippen MR) is 87.3 cm³/mol. The number of benzene rings is 1. The van der Waals surface area contributed by atoms with Crippen molar-refractivity contribution in [3.63, 3.8) is 0 Å². The molecule has 1 aliphatic rings. The van der Waals surface area contributed by atoms with E-state index in [0.29, 0.717) is 23.7 Å². The maximum absolute atomic E-state index is 11.0. The molecule has 6 heteroatoms. The quantitative estimate of drug-likeness (QED) is 0.908. The second-order valence-corrected chi connectivity index (χ2v) is 5.94. The third kappa shape index (κ3) is 3.14. The van der Waals surface area contributed by atoms with Gasteiger partial charge in [-0.3, -0.25) is 0 Å². The molecule has 3 rings (SSSR count). The lowest BCUT2D eigenvalue weighted by atomic mass is 9.76. The van der Waals surface area contributed by atoms with Gasteiger partial charge in [-0.2, -0.15) is 4.98 Å². The number of carboxylic acids is 1. The summed E-state index contributed by atoms with van der Waals surface area (Å²) in [5.74, 6) is 0.0590. The smallest absolute Gasteiger partial charge is 0.335 e. The topological polar surface area (TPSA) is 85.5 Å². The van der Waals surface area contributed by atoms with E-state index in [2.05, 4.69) is 17.1 Å². The average Bonchev–Trinajstić information content (AvgIpc) is 3.04. The second kappa shape index (κ2) is 6.41. The fraction of sp³-hybridized carbons (Fsp3) is 0.278. The summed E-state index contributed by atoms with van der Waals surface area (Å²) in [6.45, 7) is 2.37. The molecule has 6 nitrogen and oxygen atoms in total. The van der Waals surface area contributed by atoms with Gasteiger partial charge in [0.05, 0.1) is 5.57 Å². The Morgan fingerprint density at radius 1 is 1.38 bits per heavy atom. The summed E-state index contributed by atoms with van der Waals surface area (Å²) < 4.78 is 10.1. The van der Waals surface area contributed by atoms with Crippen LogP contribution in [0, 0.1) is 0 Å². The summed E-state index contributed by atoms with van der Waals surface area (Å²) in [7, 11) is 1.57.